The van der Waals surface area contributed by atoms with Crippen LogP contribution in [0.3, 0.4) is 0 Å². The van der Waals surface area contributed by atoms with Crippen LogP contribution in [-0.4, -0.2) is 111 Å². The summed E-state index contributed by atoms with van der Waals surface area (Å²) in [5.41, 5.74) is 0. The van der Waals surface area contributed by atoms with Gasteiger partial charge in [-0.3, -0.25) is 18.6 Å². The molecule has 14 nitrogen and oxygen atoms in total. The van der Waals surface area contributed by atoms with E-state index in [9.17, 15) is 44.6 Å². The number of esters is 2. The van der Waals surface area contributed by atoms with Gasteiger partial charge in [0.1, 0.15) is 43.2 Å². The third-order valence-corrected chi connectivity index (χ3v) is 11.7. The van der Waals surface area contributed by atoms with Crippen molar-refractivity contribution < 1.29 is 67.8 Å². The Morgan fingerprint density at radius 3 is 1.71 bits per heavy atom. The fourth-order valence-electron chi connectivity index (χ4n) is 6.87. The molecule has 0 amide bonds. The minimum atomic E-state index is -5.14. The van der Waals surface area contributed by atoms with Gasteiger partial charge in [-0.15, -0.1) is 0 Å². The number of phosphoric ester groups is 1. The van der Waals surface area contributed by atoms with Gasteiger partial charge in [-0.05, 0) is 77.0 Å². The minimum absolute atomic E-state index is 0.0125. The molecular formula is C47H79O14P. The van der Waals surface area contributed by atoms with E-state index < -0.39 is 75.7 Å². The Bertz CT molecular complexity index is 1380. The predicted molar refractivity (Wildman–Crippen MR) is 239 cm³/mol. The van der Waals surface area contributed by atoms with Gasteiger partial charge in [-0.1, -0.05) is 126 Å². The highest BCUT2D eigenvalue weighted by molar-refractivity contribution is 7.47. The van der Waals surface area contributed by atoms with Gasteiger partial charge in [0, 0.05) is 12.8 Å². The Kier molecular flexibility index (Phi) is 30.5. The van der Waals surface area contributed by atoms with Crippen LogP contribution in [-0.2, 0) is 37.4 Å². The van der Waals surface area contributed by atoms with Crippen LogP contribution in [0.25, 0.3) is 0 Å². The third-order valence-electron chi connectivity index (χ3n) is 10.8. The van der Waals surface area contributed by atoms with Crippen LogP contribution in [0.4, 0.5) is 0 Å². The van der Waals surface area contributed by atoms with Gasteiger partial charge in [0.25, 0.3) is 0 Å². The van der Waals surface area contributed by atoms with Gasteiger partial charge in [-0.25, -0.2) is 4.57 Å². The number of rotatable bonds is 36. The molecular weight excluding hydrogens is 819 g/mol. The first kappa shape index (κ1) is 55.6. The summed E-state index contributed by atoms with van der Waals surface area (Å²) in [6.45, 7) is 3.17. The average molecular weight is 899 g/mol. The number of aliphatic hydroxyl groups is 5. The standard InChI is InChI=1S/C47H79O14P/c1-3-5-7-8-9-10-11-12-13-14-15-16-17-18-23-26-30-34-41(49)59-37(36-58-62(55,56)61-47-45(53)43(51)42(50)44(52)46(47)54)35-57-40(48)33-29-25-22-20-19-21-24-28-32-39-38(60-39)31-27-6-4-2/h9-10,12-13,15-16,18,23-24,28,37-39,42-47,50-54H,3-8,11,14,17,19-22,25-27,29-36H2,1-2H3,(H,55,56)/b10-9-,13-12-,16-15-,23-18-,28-24-/t37-,38?,39?,42?,43-,44+,45-,46-,47?/m1/s1. The van der Waals surface area contributed by atoms with Crippen molar-refractivity contribution in [2.45, 2.75) is 210 Å². The van der Waals surface area contributed by atoms with Crippen LogP contribution < -0.4 is 0 Å². The number of aliphatic hydroxyl groups excluding tert-OH is 5. The molecule has 356 valence electrons. The summed E-state index contributed by atoms with van der Waals surface area (Å²) in [7, 11) is -5.14. The zero-order valence-corrected chi connectivity index (χ0v) is 38.2. The maximum atomic E-state index is 12.8. The number of hydrogen-bond donors (Lipinski definition) is 6. The van der Waals surface area contributed by atoms with Crippen LogP contribution in [0.1, 0.15) is 155 Å². The van der Waals surface area contributed by atoms with Crippen molar-refractivity contribution in [2.24, 2.45) is 0 Å². The Balaban J connectivity index is 1.74. The summed E-state index contributed by atoms with van der Waals surface area (Å²) in [6.07, 6.45) is 28.8. The highest BCUT2D eigenvalue weighted by atomic mass is 31.2. The molecule has 0 bridgehead atoms. The molecule has 15 heteroatoms. The summed E-state index contributed by atoms with van der Waals surface area (Å²) in [5, 5.41) is 50.1. The second-order valence-corrected chi connectivity index (χ2v) is 17.7. The number of carbonyl (C=O) groups excluding carboxylic acids is 2. The summed E-state index contributed by atoms with van der Waals surface area (Å²) in [5.74, 6) is -1.19. The molecule has 1 aliphatic carbocycles. The van der Waals surface area contributed by atoms with Crippen molar-refractivity contribution in [3.63, 3.8) is 0 Å². The van der Waals surface area contributed by atoms with Crippen LogP contribution >= 0.6 is 7.82 Å². The van der Waals surface area contributed by atoms with E-state index in [4.69, 9.17) is 23.3 Å². The molecule has 10 atom stereocenters. The van der Waals surface area contributed by atoms with E-state index >= 15 is 0 Å². The van der Waals surface area contributed by atoms with E-state index in [2.05, 4.69) is 62.5 Å². The van der Waals surface area contributed by atoms with Crippen LogP contribution in [0, 0.1) is 0 Å². The smallest absolute Gasteiger partial charge is 0.462 e. The third kappa shape index (κ3) is 25.7. The van der Waals surface area contributed by atoms with E-state index in [-0.39, 0.29) is 12.8 Å². The molecule has 1 aliphatic heterocycles. The highest BCUT2D eigenvalue weighted by Gasteiger charge is 2.51. The topological polar surface area (TPSA) is 222 Å². The molecule has 0 aromatic heterocycles. The monoisotopic (exact) mass is 899 g/mol. The molecule has 0 spiro atoms. The van der Waals surface area contributed by atoms with Gasteiger partial charge >= 0.3 is 19.8 Å². The fourth-order valence-corrected chi connectivity index (χ4v) is 7.85. The van der Waals surface area contributed by atoms with Crippen molar-refractivity contribution in [3.05, 3.63) is 60.8 Å². The number of epoxide rings is 1. The number of phosphoric acid groups is 1. The van der Waals surface area contributed by atoms with E-state index in [1.807, 2.05) is 12.2 Å². The van der Waals surface area contributed by atoms with Crippen LogP contribution in [0.2, 0.25) is 0 Å². The van der Waals surface area contributed by atoms with Crippen LogP contribution in [0.15, 0.2) is 60.8 Å². The van der Waals surface area contributed by atoms with E-state index in [0.29, 0.717) is 31.5 Å². The zero-order chi connectivity index (χ0) is 45.4. The van der Waals surface area contributed by atoms with Crippen molar-refractivity contribution in [1.82, 2.24) is 0 Å². The zero-order valence-electron chi connectivity index (χ0n) is 37.3. The SMILES string of the molecule is CCCCC/C=C\C/C=C\C/C=C\C/C=C\CCCC(=O)O[C@H](COC(=O)CCCCCCC/C=C\CC1OC1CCCCC)COP(=O)(O)OC1[C@H](O)[C@H](O)C(O)[C@H](O)[C@H]1O. The molecule has 0 radical (unpaired) electrons. The number of carbonyl (C=O) groups is 2. The molecule has 1 saturated heterocycles. The largest absolute Gasteiger partial charge is 0.472 e. The number of unbranched alkanes of at least 4 members (excludes halogenated alkanes) is 11. The lowest BCUT2D eigenvalue weighted by Crippen LogP contribution is -2.64. The predicted octanol–water partition coefficient (Wildman–Crippen LogP) is 7.93. The first-order chi connectivity index (χ1) is 29.9. The molecule has 1 saturated carbocycles. The molecule has 0 aromatic rings. The van der Waals surface area contributed by atoms with Crippen molar-refractivity contribution in [1.29, 1.82) is 0 Å². The summed E-state index contributed by atoms with van der Waals surface area (Å²) in [4.78, 5) is 35.7. The molecule has 6 N–H and O–H groups in total. The number of ether oxygens (including phenoxy) is 3. The normalized spacial score (nSPS) is 25.7. The van der Waals surface area contributed by atoms with Gasteiger partial charge in [-0.2, -0.15) is 0 Å². The van der Waals surface area contributed by atoms with Gasteiger partial charge in [0.05, 0.1) is 18.8 Å². The molecule has 5 unspecified atom stereocenters. The van der Waals surface area contributed by atoms with E-state index in [1.165, 1.54) is 38.5 Å². The average Bonchev–Trinajstić information content (AvgIpc) is 4.01. The summed E-state index contributed by atoms with van der Waals surface area (Å²) < 4.78 is 39.2. The number of hydrogen-bond acceptors (Lipinski definition) is 13. The van der Waals surface area contributed by atoms with Crippen molar-refractivity contribution in [3.8, 4) is 0 Å². The van der Waals surface area contributed by atoms with Crippen molar-refractivity contribution in [2.75, 3.05) is 13.2 Å². The minimum Gasteiger partial charge on any atom is -0.462 e. The van der Waals surface area contributed by atoms with Gasteiger partial charge < -0.3 is 44.6 Å². The fraction of sp³-hybridized carbons (Fsp3) is 0.745. The van der Waals surface area contributed by atoms with E-state index in [0.717, 1.165) is 70.6 Å². The van der Waals surface area contributed by atoms with E-state index in [1.54, 1.807) is 0 Å². The Morgan fingerprint density at radius 1 is 0.581 bits per heavy atom. The first-order valence-electron chi connectivity index (χ1n) is 23.2. The van der Waals surface area contributed by atoms with Gasteiger partial charge in [0.2, 0.25) is 0 Å². The Morgan fingerprint density at radius 2 is 1.08 bits per heavy atom. The first-order valence-corrected chi connectivity index (χ1v) is 24.7. The second kappa shape index (κ2) is 33.9. The quantitative estimate of drug-likeness (QED) is 0.0116. The number of allylic oxidation sites excluding steroid dienone is 9. The second-order valence-electron chi connectivity index (χ2n) is 16.3. The van der Waals surface area contributed by atoms with Crippen molar-refractivity contribution >= 4 is 19.8 Å². The molecule has 62 heavy (non-hydrogen) atoms. The lowest BCUT2D eigenvalue weighted by atomic mass is 9.85. The molecule has 2 rings (SSSR count). The summed E-state index contributed by atoms with van der Waals surface area (Å²) in [6, 6.07) is 0. The lowest BCUT2D eigenvalue weighted by Gasteiger charge is -2.41. The molecule has 1 heterocycles. The Labute approximate surface area is 370 Å². The molecule has 2 fully saturated rings. The van der Waals surface area contributed by atoms with Crippen LogP contribution in [0.5, 0.6) is 0 Å². The molecule has 0 aromatic carbocycles. The highest BCUT2D eigenvalue weighted by Crippen LogP contribution is 2.47. The lowest BCUT2D eigenvalue weighted by molar-refractivity contribution is -0.220. The summed E-state index contributed by atoms with van der Waals surface area (Å²) >= 11 is 0. The maximum Gasteiger partial charge on any atom is 0.472 e. The maximum absolute atomic E-state index is 12.8. The van der Waals surface area contributed by atoms with Gasteiger partial charge in [0.15, 0.2) is 6.10 Å². The Hall–Kier alpha value is -2.49. The molecule has 2 aliphatic rings.